The molecule has 0 aliphatic carbocycles. The number of carbonyl (C=O) groups excluding carboxylic acids is 1. The monoisotopic (exact) mass is 423 g/mol. The maximum Gasteiger partial charge on any atom is 0.337 e. The van der Waals surface area contributed by atoms with E-state index in [1.807, 2.05) is 31.2 Å². The van der Waals surface area contributed by atoms with Gasteiger partial charge in [-0.25, -0.2) is 4.79 Å². The summed E-state index contributed by atoms with van der Waals surface area (Å²) >= 11 is 1.42. The Hall–Kier alpha value is -3.32. The highest BCUT2D eigenvalue weighted by Crippen LogP contribution is 2.33. The van der Waals surface area contributed by atoms with Gasteiger partial charge in [-0.1, -0.05) is 30.8 Å². The van der Waals surface area contributed by atoms with Crippen LogP contribution in [0.3, 0.4) is 0 Å². The van der Waals surface area contributed by atoms with Crippen molar-refractivity contribution in [1.29, 1.82) is 0 Å². The van der Waals surface area contributed by atoms with Crippen molar-refractivity contribution < 1.29 is 24.5 Å². The number of phenols is 1. The molecular formula is C23H21NO5S. The fourth-order valence-electron chi connectivity index (χ4n) is 2.92. The van der Waals surface area contributed by atoms with Crippen LogP contribution < -0.4 is 4.74 Å². The van der Waals surface area contributed by atoms with Crippen molar-refractivity contribution in [2.45, 2.75) is 36.7 Å². The van der Waals surface area contributed by atoms with Crippen molar-refractivity contribution >= 4 is 23.5 Å². The molecule has 1 heterocycles. The first kappa shape index (κ1) is 21.4. The highest BCUT2D eigenvalue weighted by molar-refractivity contribution is 7.99. The number of ketones is 1. The summed E-state index contributed by atoms with van der Waals surface area (Å²) < 4.78 is 5.88. The number of hydrogen-bond acceptors (Lipinski definition) is 6. The summed E-state index contributed by atoms with van der Waals surface area (Å²) in [4.78, 5) is 28.3. The third-order valence-corrected chi connectivity index (χ3v) is 5.45. The number of phenolic OH excluding ortho intramolecular Hbond substituents is 1. The number of aromatic carboxylic acids is 1. The van der Waals surface area contributed by atoms with Crippen LogP contribution in [0.2, 0.25) is 0 Å². The van der Waals surface area contributed by atoms with Gasteiger partial charge in [0.1, 0.15) is 18.1 Å². The normalized spacial score (nSPS) is 10.6. The molecule has 3 aromatic rings. The van der Waals surface area contributed by atoms with Crippen LogP contribution in [0.15, 0.2) is 64.6 Å². The van der Waals surface area contributed by atoms with E-state index in [2.05, 4.69) is 4.98 Å². The predicted molar refractivity (Wildman–Crippen MR) is 114 cm³/mol. The summed E-state index contributed by atoms with van der Waals surface area (Å²) in [6, 6.07) is 12.6. The third-order valence-electron chi connectivity index (χ3n) is 4.49. The van der Waals surface area contributed by atoms with Crippen LogP contribution in [0.1, 0.15) is 45.7 Å². The van der Waals surface area contributed by atoms with Crippen LogP contribution in [-0.4, -0.2) is 26.9 Å². The molecule has 0 amide bonds. The fourth-order valence-corrected chi connectivity index (χ4v) is 3.77. The van der Waals surface area contributed by atoms with E-state index in [1.54, 1.807) is 24.4 Å². The summed E-state index contributed by atoms with van der Waals surface area (Å²) in [5.41, 5.74) is 1.99. The van der Waals surface area contributed by atoms with Crippen molar-refractivity contribution in [3.05, 3.63) is 77.1 Å². The van der Waals surface area contributed by atoms with Gasteiger partial charge in [0.05, 0.1) is 11.1 Å². The number of hydrogen-bond donors (Lipinski definition) is 2. The summed E-state index contributed by atoms with van der Waals surface area (Å²) in [5, 5.41) is 19.4. The SMILES string of the molecule is CCc1c(OCc2ccc(Sc3cncc(C(=O)O)c3)cc2)ccc(C(C)=O)c1O. The molecule has 0 aliphatic heterocycles. The number of carboxylic acid groups (broad SMARTS) is 1. The molecule has 0 spiro atoms. The number of benzene rings is 2. The number of aromatic nitrogens is 1. The van der Waals surface area contributed by atoms with Crippen LogP contribution in [0.5, 0.6) is 11.5 Å². The Morgan fingerprint density at radius 3 is 2.43 bits per heavy atom. The minimum absolute atomic E-state index is 0.0218. The molecule has 0 atom stereocenters. The Morgan fingerprint density at radius 2 is 1.80 bits per heavy atom. The molecule has 0 saturated carbocycles. The van der Waals surface area contributed by atoms with Crippen molar-refractivity contribution in [1.82, 2.24) is 4.98 Å². The Morgan fingerprint density at radius 1 is 1.07 bits per heavy atom. The minimum Gasteiger partial charge on any atom is -0.507 e. The molecule has 0 bridgehead atoms. The van der Waals surface area contributed by atoms with Gasteiger partial charge < -0.3 is 14.9 Å². The van der Waals surface area contributed by atoms with Gasteiger partial charge in [-0.05, 0) is 49.2 Å². The maximum absolute atomic E-state index is 11.6. The average Bonchev–Trinajstić information content (AvgIpc) is 2.73. The highest BCUT2D eigenvalue weighted by atomic mass is 32.2. The lowest BCUT2D eigenvalue weighted by Gasteiger charge is -2.14. The minimum atomic E-state index is -1.01. The second kappa shape index (κ2) is 9.45. The highest BCUT2D eigenvalue weighted by Gasteiger charge is 2.15. The molecule has 0 radical (unpaired) electrons. The van der Waals surface area contributed by atoms with E-state index in [4.69, 9.17) is 9.84 Å². The van der Waals surface area contributed by atoms with Gasteiger partial charge >= 0.3 is 5.97 Å². The number of pyridine rings is 1. The van der Waals surface area contributed by atoms with Crippen LogP contribution in [0.25, 0.3) is 0 Å². The number of carboxylic acids is 1. The Kier molecular flexibility index (Phi) is 6.74. The van der Waals surface area contributed by atoms with Gasteiger partial charge in [0.25, 0.3) is 0 Å². The Labute approximate surface area is 178 Å². The van der Waals surface area contributed by atoms with E-state index < -0.39 is 5.97 Å². The molecule has 0 fully saturated rings. The first-order valence-corrected chi connectivity index (χ1v) is 10.1. The summed E-state index contributed by atoms with van der Waals surface area (Å²) in [7, 11) is 0. The fraction of sp³-hybridized carbons (Fsp3) is 0.174. The van der Waals surface area contributed by atoms with Gasteiger partial charge in [-0.15, -0.1) is 0 Å². The lowest BCUT2D eigenvalue weighted by molar-refractivity contribution is 0.0696. The molecular weight excluding hydrogens is 402 g/mol. The average molecular weight is 423 g/mol. The molecule has 7 heteroatoms. The molecule has 6 nitrogen and oxygen atoms in total. The van der Waals surface area contributed by atoms with Crippen LogP contribution >= 0.6 is 11.8 Å². The smallest absolute Gasteiger partial charge is 0.337 e. The number of rotatable bonds is 8. The summed E-state index contributed by atoms with van der Waals surface area (Å²) in [6.07, 6.45) is 3.48. The molecule has 0 saturated heterocycles. The van der Waals surface area contributed by atoms with Crippen LogP contribution in [0.4, 0.5) is 0 Å². The second-order valence-corrected chi connectivity index (χ2v) is 7.74. The zero-order valence-electron chi connectivity index (χ0n) is 16.6. The molecule has 2 N–H and O–H groups in total. The van der Waals surface area contributed by atoms with Crippen molar-refractivity contribution in [2.24, 2.45) is 0 Å². The molecule has 30 heavy (non-hydrogen) atoms. The number of aromatic hydroxyl groups is 1. The largest absolute Gasteiger partial charge is 0.507 e. The summed E-state index contributed by atoms with van der Waals surface area (Å²) in [6.45, 7) is 3.63. The van der Waals surface area contributed by atoms with Gasteiger partial charge in [-0.3, -0.25) is 9.78 Å². The molecule has 0 aliphatic rings. The van der Waals surface area contributed by atoms with Gasteiger partial charge in [-0.2, -0.15) is 0 Å². The Balaban J connectivity index is 1.68. The number of nitrogens with zero attached hydrogens (tertiary/aromatic N) is 1. The van der Waals surface area contributed by atoms with Crippen molar-refractivity contribution in [3.63, 3.8) is 0 Å². The zero-order chi connectivity index (χ0) is 21.7. The van der Waals surface area contributed by atoms with Crippen molar-refractivity contribution in [3.8, 4) is 11.5 Å². The predicted octanol–water partition coefficient (Wildman–Crippen LogP) is 4.98. The van der Waals surface area contributed by atoms with E-state index in [1.165, 1.54) is 24.9 Å². The van der Waals surface area contributed by atoms with Crippen LogP contribution in [0, 0.1) is 0 Å². The first-order chi connectivity index (χ1) is 14.4. The Bertz CT molecular complexity index is 1080. The topological polar surface area (TPSA) is 96.7 Å². The van der Waals surface area contributed by atoms with E-state index in [9.17, 15) is 14.7 Å². The molecule has 1 aromatic heterocycles. The van der Waals surface area contributed by atoms with Gasteiger partial charge in [0.2, 0.25) is 0 Å². The number of carbonyl (C=O) groups is 2. The lowest BCUT2D eigenvalue weighted by atomic mass is 10.0. The second-order valence-electron chi connectivity index (χ2n) is 6.60. The quantitative estimate of drug-likeness (QED) is 0.493. The number of Topliss-reactive ketones (excluding diaryl/α,β-unsaturated/α-hetero) is 1. The standard InChI is InChI=1S/C23H21NO5S/c1-3-19-21(9-8-20(14(2)25)22(19)26)29-13-15-4-6-17(7-5-15)30-18-10-16(23(27)28)11-24-12-18/h4-12,26H,3,13H2,1-2H3,(H,27,28). The summed E-state index contributed by atoms with van der Waals surface area (Å²) in [5.74, 6) is -0.668. The first-order valence-electron chi connectivity index (χ1n) is 9.32. The van der Waals surface area contributed by atoms with E-state index >= 15 is 0 Å². The maximum atomic E-state index is 11.6. The van der Waals surface area contributed by atoms with Gasteiger partial charge in [0.15, 0.2) is 5.78 Å². The van der Waals surface area contributed by atoms with E-state index in [0.29, 0.717) is 29.9 Å². The van der Waals surface area contributed by atoms with Gasteiger partial charge in [0, 0.05) is 27.7 Å². The zero-order valence-corrected chi connectivity index (χ0v) is 17.4. The van der Waals surface area contributed by atoms with Crippen LogP contribution in [-0.2, 0) is 13.0 Å². The van der Waals surface area contributed by atoms with E-state index in [0.717, 1.165) is 15.4 Å². The van der Waals surface area contributed by atoms with Crippen molar-refractivity contribution in [2.75, 3.05) is 0 Å². The molecule has 0 unspecified atom stereocenters. The lowest BCUT2D eigenvalue weighted by Crippen LogP contribution is -2.02. The third kappa shape index (κ3) is 4.99. The molecule has 2 aromatic carbocycles. The molecule has 154 valence electrons. The molecule has 3 rings (SSSR count). The number of ether oxygens (including phenoxy) is 1. The van der Waals surface area contributed by atoms with E-state index in [-0.39, 0.29) is 17.1 Å².